The summed E-state index contributed by atoms with van der Waals surface area (Å²) in [7, 11) is -0.628. The number of amides is 1. The number of carbonyl (C=O) groups excluding carboxylic acids is 1. The standard InChI is InChI=1S/C15H20F2N2O4S/c1-9-4-5-11(14(17)13(9)16)15(20)18-12-7-23-6-10(12)8-24(21,22)19(2)3/h4-5,10,12H,6-8H2,1-3H3,(H,18,20)/t10-,12-/m0/s1. The van der Waals surface area contributed by atoms with Crippen molar-refractivity contribution in [2.45, 2.75) is 13.0 Å². The topological polar surface area (TPSA) is 75.7 Å². The van der Waals surface area contributed by atoms with Crippen molar-refractivity contribution in [3.05, 3.63) is 34.9 Å². The molecule has 1 aliphatic heterocycles. The molecule has 1 aromatic rings. The van der Waals surface area contributed by atoms with Gasteiger partial charge in [-0.15, -0.1) is 0 Å². The lowest BCUT2D eigenvalue weighted by molar-refractivity contribution is 0.0921. The number of nitrogens with one attached hydrogen (secondary N) is 1. The first kappa shape index (κ1) is 18.8. The van der Waals surface area contributed by atoms with Crippen LogP contribution in [0.1, 0.15) is 15.9 Å². The summed E-state index contributed by atoms with van der Waals surface area (Å²) in [5.74, 6) is -3.75. The van der Waals surface area contributed by atoms with E-state index >= 15 is 0 Å². The predicted molar refractivity (Wildman–Crippen MR) is 84.1 cm³/mol. The van der Waals surface area contributed by atoms with Gasteiger partial charge in [-0.05, 0) is 18.6 Å². The number of ether oxygens (including phenoxy) is 1. The molecule has 2 rings (SSSR count). The van der Waals surface area contributed by atoms with E-state index in [0.29, 0.717) is 0 Å². The highest BCUT2D eigenvalue weighted by molar-refractivity contribution is 7.89. The molecule has 0 bridgehead atoms. The van der Waals surface area contributed by atoms with E-state index in [1.165, 1.54) is 33.2 Å². The van der Waals surface area contributed by atoms with Gasteiger partial charge in [-0.2, -0.15) is 0 Å². The van der Waals surface area contributed by atoms with Gasteiger partial charge in [-0.3, -0.25) is 4.79 Å². The molecule has 24 heavy (non-hydrogen) atoms. The third-order valence-electron chi connectivity index (χ3n) is 4.02. The Morgan fingerprint density at radius 3 is 2.58 bits per heavy atom. The maximum absolute atomic E-state index is 13.9. The number of hydrogen-bond acceptors (Lipinski definition) is 4. The van der Waals surface area contributed by atoms with E-state index in [-0.39, 0.29) is 24.5 Å². The van der Waals surface area contributed by atoms with Crippen molar-refractivity contribution in [3.8, 4) is 0 Å². The summed E-state index contributed by atoms with van der Waals surface area (Å²) in [6.45, 7) is 1.69. The van der Waals surface area contributed by atoms with Crippen LogP contribution in [-0.4, -0.2) is 57.7 Å². The molecule has 1 heterocycles. The fourth-order valence-electron chi connectivity index (χ4n) is 2.41. The van der Waals surface area contributed by atoms with Gasteiger partial charge in [0.15, 0.2) is 11.6 Å². The second-order valence-electron chi connectivity index (χ2n) is 6.00. The van der Waals surface area contributed by atoms with Gasteiger partial charge < -0.3 is 10.1 Å². The van der Waals surface area contributed by atoms with Crippen LogP contribution in [0.25, 0.3) is 0 Å². The van der Waals surface area contributed by atoms with Crippen LogP contribution in [0.15, 0.2) is 12.1 Å². The molecule has 134 valence electrons. The number of benzene rings is 1. The molecule has 0 aromatic heterocycles. The number of aryl methyl sites for hydroxylation is 1. The molecule has 0 saturated carbocycles. The molecule has 0 aliphatic carbocycles. The van der Waals surface area contributed by atoms with Gasteiger partial charge >= 0.3 is 0 Å². The van der Waals surface area contributed by atoms with E-state index in [0.717, 1.165) is 4.31 Å². The molecule has 1 aromatic carbocycles. The van der Waals surface area contributed by atoms with Gasteiger partial charge in [-0.1, -0.05) is 6.07 Å². The van der Waals surface area contributed by atoms with Gasteiger partial charge in [0.1, 0.15) is 0 Å². The largest absolute Gasteiger partial charge is 0.379 e. The molecule has 1 aliphatic rings. The number of sulfonamides is 1. The second kappa shape index (κ2) is 7.12. The number of carbonyl (C=O) groups is 1. The number of halogens is 2. The first-order chi connectivity index (χ1) is 11.1. The summed E-state index contributed by atoms with van der Waals surface area (Å²) in [6, 6.07) is 1.92. The van der Waals surface area contributed by atoms with Crippen molar-refractivity contribution in [1.29, 1.82) is 0 Å². The van der Waals surface area contributed by atoms with Crippen LogP contribution in [0, 0.1) is 24.5 Å². The van der Waals surface area contributed by atoms with Crippen molar-refractivity contribution in [2.75, 3.05) is 33.1 Å². The van der Waals surface area contributed by atoms with Crippen LogP contribution in [-0.2, 0) is 14.8 Å². The molecule has 1 N–H and O–H groups in total. The molecule has 0 radical (unpaired) electrons. The molecule has 0 unspecified atom stereocenters. The van der Waals surface area contributed by atoms with Gasteiger partial charge in [0.2, 0.25) is 10.0 Å². The van der Waals surface area contributed by atoms with E-state index in [4.69, 9.17) is 4.74 Å². The number of nitrogens with zero attached hydrogens (tertiary/aromatic N) is 1. The zero-order chi connectivity index (χ0) is 18.1. The van der Waals surface area contributed by atoms with Crippen LogP contribution in [0.4, 0.5) is 8.78 Å². The monoisotopic (exact) mass is 362 g/mol. The van der Waals surface area contributed by atoms with Crippen molar-refractivity contribution >= 4 is 15.9 Å². The van der Waals surface area contributed by atoms with Crippen molar-refractivity contribution < 1.29 is 26.7 Å². The maximum Gasteiger partial charge on any atom is 0.254 e. The number of rotatable bonds is 5. The van der Waals surface area contributed by atoms with Crippen LogP contribution in [0.2, 0.25) is 0 Å². The van der Waals surface area contributed by atoms with Crippen molar-refractivity contribution in [1.82, 2.24) is 9.62 Å². The van der Waals surface area contributed by atoms with E-state index in [1.54, 1.807) is 0 Å². The van der Waals surface area contributed by atoms with Gasteiger partial charge in [0, 0.05) is 20.0 Å². The zero-order valence-corrected chi connectivity index (χ0v) is 14.5. The van der Waals surface area contributed by atoms with E-state index < -0.39 is 45.1 Å². The Hall–Kier alpha value is -1.58. The SMILES string of the molecule is Cc1ccc(C(=O)N[C@H]2COC[C@H]2CS(=O)(=O)N(C)C)c(F)c1F. The predicted octanol–water partition coefficient (Wildman–Crippen LogP) is 0.909. The average molecular weight is 362 g/mol. The lowest BCUT2D eigenvalue weighted by Gasteiger charge is -2.21. The molecule has 2 atom stereocenters. The maximum atomic E-state index is 13.9. The Bertz CT molecular complexity index is 737. The second-order valence-corrected chi connectivity index (χ2v) is 8.22. The molecule has 1 saturated heterocycles. The smallest absolute Gasteiger partial charge is 0.254 e. The van der Waals surface area contributed by atoms with Crippen LogP contribution in [0.3, 0.4) is 0 Å². The fourth-order valence-corrected chi connectivity index (χ4v) is 3.58. The molecular weight excluding hydrogens is 342 g/mol. The fraction of sp³-hybridized carbons (Fsp3) is 0.533. The lowest BCUT2D eigenvalue weighted by Crippen LogP contribution is -2.43. The highest BCUT2D eigenvalue weighted by Gasteiger charge is 2.34. The van der Waals surface area contributed by atoms with Crippen molar-refractivity contribution in [3.63, 3.8) is 0 Å². The van der Waals surface area contributed by atoms with E-state index in [2.05, 4.69) is 5.32 Å². The van der Waals surface area contributed by atoms with Gasteiger partial charge in [-0.25, -0.2) is 21.5 Å². The quantitative estimate of drug-likeness (QED) is 0.845. The third kappa shape index (κ3) is 3.90. The minimum atomic E-state index is -3.47. The molecule has 1 fully saturated rings. The van der Waals surface area contributed by atoms with Crippen LogP contribution in [0.5, 0.6) is 0 Å². The minimum absolute atomic E-state index is 0.100. The van der Waals surface area contributed by atoms with Crippen LogP contribution < -0.4 is 5.32 Å². The average Bonchev–Trinajstić information content (AvgIpc) is 2.91. The Morgan fingerprint density at radius 2 is 1.96 bits per heavy atom. The summed E-state index contributed by atoms with van der Waals surface area (Å²) in [5.41, 5.74) is -0.317. The van der Waals surface area contributed by atoms with Crippen LogP contribution >= 0.6 is 0 Å². The minimum Gasteiger partial charge on any atom is -0.379 e. The number of hydrogen-bond donors (Lipinski definition) is 1. The molecule has 0 spiro atoms. The van der Waals surface area contributed by atoms with Crippen molar-refractivity contribution in [2.24, 2.45) is 5.92 Å². The Kier molecular flexibility index (Phi) is 5.56. The summed E-state index contributed by atoms with van der Waals surface area (Å²) in [6.07, 6.45) is 0. The normalized spacial score (nSPS) is 21.2. The summed E-state index contributed by atoms with van der Waals surface area (Å²) >= 11 is 0. The Labute approximate surface area is 139 Å². The third-order valence-corrected chi connectivity index (χ3v) is 5.98. The highest BCUT2D eigenvalue weighted by Crippen LogP contribution is 2.20. The molecular formula is C15H20F2N2O4S. The van der Waals surface area contributed by atoms with Gasteiger partial charge in [0.05, 0.1) is 30.6 Å². The molecule has 1 amide bonds. The first-order valence-corrected chi connectivity index (χ1v) is 8.98. The Morgan fingerprint density at radius 1 is 1.29 bits per heavy atom. The summed E-state index contributed by atoms with van der Waals surface area (Å²) in [5, 5.41) is 2.54. The highest BCUT2D eigenvalue weighted by atomic mass is 32.2. The first-order valence-electron chi connectivity index (χ1n) is 7.37. The van der Waals surface area contributed by atoms with E-state index in [9.17, 15) is 22.0 Å². The molecule has 9 heteroatoms. The molecule has 6 nitrogen and oxygen atoms in total. The van der Waals surface area contributed by atoms with Gasteiger partial charge in [0.25, 0.3) is 5.91 Å². The zero-order valence-electron chi connectivity index (χ0n) is 13.7. The summed E-state index contributed by atoms with van der Waals surface area (Å²) in [4.78, 5) is 12.2. The summed E-state index contributed by atoms with van der Waals surface area (Å²) < 4.78 is 57.8. The van der Waals surface area contributed by atoms with E-state index in [1.807, 2.05) is 0 Å². The lowest BCUT2D eigenvalue weighted by atomic mass is 10.0. The Balaban J connectivity index is 2.12.